The van der Waals surface area contributed by atoms with E-state index in [0.29, 0.717) is 0 Å². The molecule has 0 spiro atoms. The van der Waals surface area contributed by atoms with Gasteiger partial charge in [0.05, 0.1) is 0 Å². The van der Waals surface area contributed by atoms with Gasteiger partial charge in [-0.25, -0.2) is 0 Å². The lowest BCUT2D eigenvalue weighted by molar-refractivity contribution is 0.254. The third kappa shape index (κ3) is 3.90. The SMILES string of the molecule is SCCCN(CC1CC1)CC1CC1. The highest BCUT2D eigenvalue weighted by molar-refractivity contribution is 7.80. The molecular formula is C11H21NS. The standard InChI is InChI=1S/C11H21NS/c13-7-1-6-12(8-10-2-3-10)9-11-4-5-11/h10-11,13H,1-9H2. The van der Waals surface area contributed by atoms with Gasteiger partial charge in [-0.1, -0.05) is 0 Å². The van der Waals surface area contributed by atoms with E-state index in [0.717, 1.165) is 17.6 Å². The quantitative estimate of drug-likeness (QED) is 0.616. The summed E-state index contributed by atoms with van der Waals surface area (Å²) in [4.78, 5) is 2.69. The van der Waals surface area contributed by atoms with Crippen LogP contribution in [0.15, 0.2) is 0 Å². The Morgan fingerprint density at radius 1 is 1.00 bits per heavy atom. The van der Waals surface area contributed by atoms with Gasteiger partial charge in [-0.15, -0.1) is 0 Å². The molecule has 0 aliphatic heterocycles. The molecule has 76 valence electrons. The molecule has 2 aliphatic rings. The Labute approximate surface area is 87.3 Å². The molecular weight excluding hydrogens is 178 g/mol. The molecule has 0 unspecified atom stereocenters. The van der Waals surface area contributed by atoms with Crippen LogP contribution in [0, 0.1) is 11.8 Å². The van der Waals surface area contributed by atoms with Crippen molar-refractivity contribution in [2.45, 2.75) is 32.1 Å². The second-order valence-corrected chi connectivity index (χ2v) is 5.17. The van der Waals surface area contributed by atoms with Gasteiger partial charge in [0.2, 0.25) is 0 Å². The molecule has 2 aliphatic carbocycles. The van der Waals surface area contributed by atoms with Crippen LogP contribution in [-0.4, -0.2) is 30.3 Å². The van der Waals surface area contributed by atoms with Crippen LogP contribution >= 0.6 is 12.6 Å². The monoisotopic (exact) mass is 199 g/mol. The van der Waals surface area contributed by atoms with E-state index in [9.17, 15) is 0 Å². The summed E-state index contributed by atoms with van der Waals surface area (Å²) in [7, 11) is 0. The predicted molar refractivity (Wildman–Crippen MR) is 60.4 cm³/mol. The highest BCUT2D eigenvalue weighted by Crippen LogP contribution is 2.33. The van der Waals surface area contributed by atoms with E-state index >= 15 is 0 Å². The molecule has 0 aromatic heterocycles. The molecule has 0 saturated heterocycles. The van der Waals surface area contributed by atoms with Crippen molar-refractivity contribution >= 4 is 12.6 Å². The van der Waals surface area contributed by atoms with Crippen LogP contribution in [0.5, 0.6) is 0 Å². The van der Waals surface area contributed by atoms with Crippen LogP contribution in [-0.2, 0) is 0 Å². The summed E-state index contributed by atoms with van der Waals surface area (Å²) in [6.07, 6.45) is 7.22. The highest BCUT2D eigenvalue weighted by Gasteiger charge is 2.28. The normalized spacial score (nSPS) is 22.6. The minimum atomic E-state index is 1.05. The molecule has 13 heavy (non-hydrogen) atoms. The minimum absolute atomic E-state index is 1.05. The predicted octanol–water partition coefficient (Wildman–Crippen LogP) is 2.43. The molecule has 0 aromatic carbocycles. The van der Waals surface area contributed by atoms with E-state index in [2.05, 4.69) is 17.5 Å². The molecule has 2 heteroatoms. The van der Waals surface area contributed by atoms with Gasteiger partial charge in [-0.3, -0.25) is 0 Å². The van der Waals surface area contributed by atoms with Gasteiger partial charge in [0.25, 0.3) is 0 Å². The zero-order valence-corrected chi connectivity index (χ0v) is 9.31. The minimum Gasteiger partial charge on any atom is -0.303 e. The number of hydrogen-bond donors (Lipinski definition) is 1. The van der Waals surface area contributed by atoms with Crippen molar-refractivity contribution in [1.82, 2.24) is 4.90 Å². The van der Waals surface area contributed by atoms with Crippen molar-refractivity contribution in [3.63, 3.8) is 0 Å². The molecule has 0 radical (unpaired) electrons. The molecule has 0 atom stereocenters. The summed E-state index contributed by atoms with van der Waals surface area (Å²) in [6, 6.07) is 0. The fourth-order valence-corrected chi connectivity index (χ4v) is 2.02. The molecule has 0 aromatic rings. The Morgan fingerprint density at radius 2 is 1.54 bits per heavy atom. The van der Waals surface area contributed by atoms with Crippen molar-refractivity contribution in [3.8, 4) is 0 Å². The van der Waals surface area contributed by atoms with Crippen LogP contribution in [0.2, 0.25) is 0 Å². The fraction of sp³-hybridized carbons (Fsp3) is 1.00. The van der Waals surface area contributed by atoms with Crippen molar-refractivity contribution in [1.29, 1.82) is 0 Å². The maximum Gasteiger partial charge on any atom is 0.000978 e. The zero-order chi connectivity index (χ0) is 9.10. The summed E-state index contributed by atoms with van der Waals surface area (Å²) >= 11 is 4.28. The third-order valence-corrected chi connectivity index (χ3v) is 3.38. The Hall–Kier alpha value is 0.310. The lowest BCUT2D eigenvalue weighted by atomic mass is 10.3. The fourth-order valence-electron chi connectivity index (χ4n) is 1.88. The molecule has 0 bridgehead atoms. The van der Waals surface area contributed by atoms with Gasteiger partial charge >= 0.3 is 0 Å². The maximum absolute atomic E-state index is 4.28. The van der Waals surface area contributed by atoms with Crippen molar-refractivity contribution in [3.05, 3.63) is 0 Å². The highest BCUT2D eigenvalue weighted by atomic mass is 32.1. The molecule has 1 nitrogen and oxygen atoms in total. The Morgan fingerprint density at radius 3 is 1.92 bits per heavy atom. The lowest BCUT2D eigenvalue weighted by Crippen LogP contribution is -2.29. The van der Waals surface area contributed by atoms with Crippen LogP contribution in [0.1, 0.15) is 32.1 Å². The van der Waals surface area contributed by atoms with Gasteiger partial charge < -0.3 is 4.90 Å². The molecule has 2 fully saturated rings. The number of thiol groups is 1. The van der Waals surface area contributed by atoms with E-state index < -0.39 is 0 Å². The molecule has 0 N–H and O–H groups in total. The van der Waals surface area contributed by atoms with Crippen LogP contribution in [0.3, 0.4) is 0 Å². The second-order valence-electron chi connectivity index (χ2n) is 4.72. The maximum atomic E-state index is 4.28. The van der Waals surface area contributed by atoms with Gasteiger partial charge in [0, 0.05) is 13.1 Å². The number of nitrogens with zero attached hydrogens (tertiary/aromatic N) is 1. The van der Waals surface area contributed by atoms with E-state index in [-0.39, 0.29) is 0 Å². The average Bonchev–Trinajstić information content (AvgIpc) is 2.94. The van der Waals surface area contributed by atoms with Crippen molar-refractivity contribution < 1.29 is 0 Å². The first kappa shape index (κ1) is 9.85. The van der Waals surface area contributed by atoms with Crippen molar-refractivity contribution in [2.75, 3.05) is 25.4 Å². The first-order valence-corrected chi connectivity index (χ1v) is 6.35. The number of rotatable bonds is 7. The Bertz CT molecular complexity index is 138. The van der Waals surface area contributed by atoms with E-state index in [1.165, 1.54) is 51.7 Å². The summed E-state index contributed by atoms with van der Waals surface area (Å²) in [6.45, 7) is 4.05. The van der Waals surface area contributed by atoms with Crippen molar-refractivity contribution in [2.24, 2.45) is 11.8 Å². The van der Waals surface area contributed by atoms with Gasteiger partial charge in [0.1, 0.15) is 0 Å². The molecule has 2 saturated carbocycles. The first-order chi connectivity index (χ1) is 6.38. The summed E-state index contributed by atoms with van der Waals surface area (Å²) in [5, 5.41) is 0. The van der Waals surface area contributed by atoms with E-state index in [4.69, 9.17) is 0 Å². The summed E-state index contributed by atoms with van der Waals surface area (Å²) in [5.74, 6) is 3.16. The van der Waals surface area contributed by atoms with Gasteiger partial charge in [0.15, 0.2) is 0 Å². The average molecular weight is 199 g/mol. The smallest absolute Gasteiger partial charge is 0.000978 e. The van der Waals surface area contributed by atoms with Gasteiger partial charge in [-0.2, -0.15) is 12.6 Å². The lowest BCUT2D eigenvalue weighted by Gasteiger charge is -2.21. The molecule has 0 amide bonds. The topological polar surface area (TPSA) is 3.24 Å². The van der Waals surface area contributed by atoms with Crippen LogP contribution in [0.4, 0.5) is 0 Å². The molecule has 0 heterocycles. The Balaban J connectivity index is 1.64. The van der Waals surface area contributed by atoms with E-state index in [1.54, 1.807) is 0 Å². The third-order valence-electron chi connectivity index (χ3n) is 3.06. The number of hydrogen-bond acceptors (Lipinski definition) is 2. The second kappa shape index (κ2) is 4.70. The summed E-state index contributed by atoms with van der Waals surface area (Å²) in [5.41, 5.74) is 0. The molecule has 2 rings (SSSR count). The first-order valence-electron chi connectivity index (χ1n) is 5.71. The van der Waals surface area contributed by atoms with E-state index in [1.807, 2.05) is 0 Å². The van der Waals surface area contributed by atoms with Crippen LogP contribution in [0.25, 0.3) is 0 Å². The zero-order valence-electron chi connectivity index (χ0n) is 8.41. The largest absolute Gasteiger partial charge is 0.303 e. The van der Waals surface area contributed by atoms with Crippen LogP contribution < -0.4 is 0 Å². The van der Waals surface area contributed by atoms with Gasteiger partial charge in [-0.05, 0) is 56.2 Å². The summed E-state index contributed by atoms with van der Waals surface area (Å²) < 4.78 is 0. The Kier molecular flexibility index (Phi) is 3.56.